The molecule has 0 aliphatic carbocycles. The van der Waals surface area contributed by atoms with Crippen LogP contribution >= 0.6 is 23.1 Å². The molecule has 3 heterocycles. The van der Waals surface area contributed by atoms with E-state index >= 15 is 0 Å². The van der Waals surface area contributed by atoms with Crippen LogP contribution in [-0.4, -0.2) is 54.8 Å². The van der Waals surface area contributed by atoms with Crippen LogP contribution in [0.1, 0.15) is 4.88 Å². The first-order chi connectivity index (χ1) is 14.1. The van der Waals surface area contributed by atoms with Gasteiger partial charge < -0.3 is 15.0 Å². The Morgan fingerprint density at radius 2 is 1.93 bits per heavy atom. The Morgan fingerprint density at radius 1 is 1.14 bits per heavy atom. The largest absolute Gasteiger partial charge is 0.378 e. The van der Waals surface area contributed by atoms with E-state index in [1.54, 1.807) is 6.08 Å². The quantitative estimate of drug-likeness (QED) is 0.735. The minimum absolute atomic E-state index is 0.316. The van der Waals surface area contributed by atoms with Crippen LogP contribution in [0.5, 0.6) is 0 Å². The van der Waals surface area contributed by atoms with Gasteiger partial charge in [0, 0.05) is 18.0 Å². The third-order valence-electron chi connectivity index (χ3n) is 4.52. The molecule has 150 valence electrons. The van der Waals surface area contributed by atoms with Crippen molar-refractivity contribution in [1.29, 1.82) is 0 Å². The van der Waals surface area contributed by atoms with Gasteiger partial charge in [0.05, 0.1) is 29.5 Å². The normalized spacial score (nSPS) is 18.6. The number of hydrogen-bond donors (Lipinski definition) is 1. The van der Waals surface area contributed by atoms with Gasteiger partial charge in [-0.15, -0.1) is 11.3 Å². The van der Waals surface area contributed by atoms with E-state index in [1.807, 2.05) is 41.8 Å². The van der Waals surface area contributed by atoms with Crippen LogP contribution in [0, 0.1) is 0 Å². The Hall–Kier alpha value is -2.62. The highest BCUT2D eigenvalue weighted by atomic mass is 32.2. The second-order valence-corrected chi connectivity index (χ2v) is 8.42. The Kier molecular flexibility index (Phi) is 5.98. The van der Waals surface area contributed by atoms with Crippen molar-refractivity contribution < 1.29 is 19.1 Å². The number of hydrogen-bond acceptors (Lipinski definition) is 7. The summed E-state index contributed by atoms with van der Waals surface area (Å²) in [6.45, 7) is 2.43. The van der Waals surface area contributed by atoms with Gasteiger partial charge in [-0.1, -0.05) is 18.2 Å². The number of para-hydroxylation sites is 2. The number of nitrogens with zero attached hydrogens (tertiary/aromatic N) is 2. The highest BCUT2D eigenvalue weighted by molar-refractivity contribution is 8.18. The van der Waals surface area contributed by atoms with Gasteiger partial charge in [-0.3, -0.25) is 19.3 Å². The molecule has 2 aliphatic heterocycles. The average Bonchev–Trinajstić information content (AvgIpc) is 3.33. The summed E-state index contributed by atoms with van der Waals surface area (Å²) in [4.78, 5) is 41.8. The number of carbonyl (C=O) groups is 3. The predicted molar refractivity (Wildman–Crippen MR) is 115 cm³/mol. The van der Waals surface area contributed by atoms with Crippen molar-refractivity contribution in [2.75, 3.05) is 43.1 Å². The molecule has 7 nitrogen and oxygen atoms in total. The predicted octanol–water partition coefficient (Wildman–Crippen LogP) is 3.26. The number of ether oxygens (including phenoxy) is 1. The topological polar surface area (TPSA) is 79.0 Å². The lowest BCUT2D eigenvalue weighted by Gasteiger charge is -2.30. The minimum Gasteiger partial charge on any atom is -0.378 e. The fraction of sp³-hybridized carbons (Fsp3) is 0.250. The Labute approximate surface area is 176 Å². The van der Waals surface area contributed by atoms with Gasteiger partial charge in [-0.05, 0) is 41.4 Å². The van der Waals surface area contributed by atoms with Crippen molar-refractivity contribution in [3.05, 3.63) is 51.6 Å². The lowest BCUT2D eigenvalue weighted by atomic mass is 10.2. The number of benzene rings is 1. The molecular weight excluding hydrogens is 410 g/mol. The van der Waals surface area contributed by atoms with Crippen molar-refractivity contribution >= 4 is 57.6 Å². The highest BCUT2D eigenvalue weighted by Gasteiger charge is 2.36. The zero-order valence-corrected chi connectivity index (χ0v) is 17.1. The Bertz CT molecular complexity index is 952. The number of amides is 3. The summed E-state index contributed by atoms with van der Waals surface area (Å²) < 4.78 is 5.38. The van der Waals surface area contributed by atoms with E-state index in [2.05, 4.69) is 10.2 Å². The summed E-state index contributed by atoms with van der Waals surface area (Å²) in [6, 6.07) is 11.2. The fourth-order valence-electron chi connectivity index (χ4n) is 3.13. The summed E-state index contributed by atoms with van der Waals surface area (Å²) in [5.74, 6) is -0.851. The number of morpholine rings is 1. The lowest BCUT2D eigenvalue weighted by molar-refractivity contribution is -0.127. The van der Waals surface area contributed by atoms with Gasteiger partial charge in [-0.2, -0.15) is 0 Å². The summed E-state index contributed by atoms with van der Waals surface area (Å²) in [5.41, 5.74) is 1.55. The second-order valence-electron chi connectivity index (χ2n) is 6.45. The van der Waals surface area contributed by atoms with Gasteiger partial charge >= 0.3 is 0 Å². The molecule has 29 heavy (non-hydrogen) atoms. The minimum atomic E-state index is -0.440. The van der Waals surface area contributed by atoms with E-state index in [9.17, 15) is 14.4 Å². The molecule has 2 aliphatic rings. The molecule has 9 heteroatoms. The summed E-state index contributed by atoms with van der Waals surface area (Å²) in [6.07, 6.45) is 1.68. The number of anilines is 2. The number of carbonyl (C=O) groups excluding carboxylic acids is 3. The van der Waals surface area contributed by atoms with Crippen molar-refractivity contribution in [3.63, 3.8) is 0 Å². The lowest BCUT2D eigenvalue weighted by Crippen LogP contribution is -2.38. The van der Waals surface area contributed by atoms with Crippen molar-refractivity contribution in [2.45, 2.75) is 0 Å². The molecule has 0 spiro atoms. The molecule has 2 aromatic rings. The van der Waals surface area contributed by atoms with Gasteiger partial charge in [0.25, 0.3) is 11.1 Å². The maximum atomic E-state index is 12.6. The zero-order valence-electron chi connectivity index (χ0n) is 15.5. The van der Waals surface area contributed by atoms with Crippen LogP contribution < -0.4 is 10.2 Å². The first-order valence-corrected chi connectivity index (χ1v) is 10.8. The van der Waals surface area contributed by atoms with E-state index in [4.69, 9.17) is 4.74 Å². The maximum Gasteiger partial charge on any atom is 0.294 e. The smallest absolute Gasteiger partial charge is 0.294 e. The van der Waals surface area contributed by atoms with Crippen LogP contribution in [0.3, 0.4) is 0 Å². The second kappa shape index (κ2) is 8.81. The Balaban J connectivity index is 1.44. The summed E-state index contributed by atoms with van der Waals surface area (Å²) in [7, 11) is 0. The third kappa shape index (κ3) is 4.52. The molecule has 0 radical (unpaired) electrons. The van der Waals surface area contributed by atoms with Crippen LogP contribution in [0.15, 0.2) is 46.7 Å². The molecule has 0 atom stereocenters. The van der Waals surface area contributed by atoms with Crippen molar-refractivity contribution in [1.82, 2.24) is 4.90 Å². The summed E-state index contributed by atoms with van der Waals surface area (Å²) in [5, 5.41) is 4.30. The number of imide groups is 1. The van der Waals surface area contributed by atoms with Gasteiger partial charge in [0.2, 0.25) is 5.91 Å². The molecular formula is C20H19N3O4S2. The maximum absolute atomic E-state index is 12.6. The zero-order chi connectivity index (χ0) is 20.2. The van der Waals surface area contributed by atoms with Gasteiger partial charge in [0.15, 0.2) is 0 Å². The monoisotopic (exact) mass is 429 g/mol. The first-order valence-electron chi connectivity index (χ1n) is 9.12. The number of thioether (sulfide) groups is 1. The van der Waals surface area contributed by atoms with E-state index < -0.39 is 17.1 Å². The standard InChI is InChI=1S/C20H19N3O4S2/c24-18(21-15-5-1-2-6-16(15)22-7-9-27-10-8-22)13-23-19(25)17(29-20(23)26)12-14-4-3-11-28-14/h1-6,11-12H,7-10,13H2,(H,21,24). The van der Waals surface area contributed by atoms with Crippen LogP contribution in [0.25, 0.3) is 6.08 Å². The fourth-order valence-corrected chi connectivity index (χ4v) is 4.69. The molecule has 1 aromatic carbocycles. The van der Waals surface area contributed by atoms with Crippen LogP contribution in [0.2, 0.25) is 0 Å². The third-order valence-corrected chi connectivity index (χ3v) is 6.25. The molecule has 0 bridgehead atoms. The molecule has 1 N–H and O–H groups in total. The van der Waals surface area contributed by atoms with Crippen molar-refractivity contribution in [3.8, 4) is 0 Å². The SMILES string of the molecule is O=C(CN1C(=O)SC(=Cc2cccs2)C1=O)Nc1ccccc1N1CCOCC1. The molecule has 1 aromatic heterocycles. The molecule has 2 saturated heterocycles. The Morgan fingerprint density at radius 3 is 2.69 bits per heavy atom. The molecule has 4 rings (SSSR count). The number of nitrogens with one attached hydrogen (secondary N) is 1. The molecule has 0 saturated carbocycles. The highest BCUT2D eigenvalue weighted by Crippen LogP contribution is 2.33. The van der Waals surface area contributed by atoms with E-state index in [-0.39, 0.29) is 6.54 Å². The van der Waals surface area contributed by atoms with Crippen LogP contribution in [-0.2, 0) is 14.3 Å². The average molecular weight is 430 g/mol. The van der Waals surface area contributed by atoms with E-state index in [0.29, 0.717) is 23.8 Å². The van der Waals surface area contributed by atoms with E-state index in [1.165, 1.54) is 11.3 Å². The number of thiophene rings is 1. The van der Waals surface area contributed by atoms with Gasteiger partial charge in [-0.25, -0.2) is 0 Å². The molecule has 2 fully saturated rings. The first kappa shape index (κ1) is 19.7. The van der Waals surface area contributed by atoms with E-state index in [0.717, 1.165) is 40.3 Å². The molecule has 3 amide bonds. The number of rotatable bonds is 5. The van der Waals surface area contributed by atoms with Crippen LogP contribution in [0.4, 0.5) is 16.2 Å². The summed E-state index contributed by atoms with van der Waals surface area (Å²) >= 11 is 2.34. The van der Waals surface area contributed by atoms with Crippen molar-refractivity contribution in [2.24, 2.45) is 0 Å². The van der Waals surface area contributed by atoms with Gasteiger partial charge in [0.1, 0.15) is 6.54 Å². The molecule has 0 unspecified atom stereocenters.